The Morgan fingerprint density at radius 1 is 1.50 bits per heavy atom. The van der Waals surface area contributed by atoms with E-state index in [0.29, 0.717) is 23.7 Å². The molecule has 0 aromatic heterocycles. The predicted molar refractivity (Wildman–Crippen MR) is 64.0 cm³/mol. The Hall–Kier alpha value is -1.26. The molecule has 1 aromatic rings. The van der Waals surface area contributed by atoms with Gasteiger partial charge in [-0.25, -0.2) is 0 Å². The molecule has 16 heavy (non-hydrogen) atoms. The van der Waals surface area contributed by atoms with Crippen molar-refractivity contribution >= 4 is 28.9 Å². The summed E-state index contributed by atoms with van der Waals surface area (Å²) >= 11 is 5.98. The van der Waals surface area contributed by atoms with Crippen LogP contribution in [0.5, 0.6) is 0 Å². The van der Waals surface area contributed by atoms with Crippen LogP contribution in [0.2, 0.25) is 5.02 Å². The number of methoxy groups -OCH3 is 1. The molecule has 1 aliphatic heterocycles. The number of nitrogens with one attached hydrogen (secondary N) is 2. The van der Waals surface area contributed by atoms with E-state index in [1.165, 1.54) is 0 Å². The van der Waals surface area contributed by atoms with Gasteiger partial charge in [0.1, 0.15) is 6.04 Å². The first kappa shape index (κ1) is 11.2. The number of rotatable bonds is 3. The minimum atomic E-state index is -0.258. The zero-order chi connectivity index (χ0) is 11.5. The van der Waals surface area contributed by atoms with Gasteiger partial charge in [-0.15, -0.1) is 0 Å². The summed E-state index contributed by atoms with van der Waals surface area (Å²) < 4.78 is 4.96. The maximum atomic E-state index is 11.7. The largest absolute Gasteiger partial charge is 0.385 e. The van der Waals surface area contributed by atoms with E-state index in [1.807, 2.05) is 12.1 Å². The van der Waals surface area contributed by atoms with Gasteiger partial charge in [0.25, 0.3) is 0 Å². The van der Waals surface area contributed by atoms with E-state index < -0.39 is 0 Å². The highest BCUT2D eigenvalue weighted by Gasteiger charge is 2.25. The zero-order valence-corrected chi connectivity index (χ0v) is 9.67. The van der Waals surface area contributed by atoms with Crippen LogP contribution in [0.1, 0.15) is 6.42 Å². The maximum Gasteiger partial charge on any atom is 0.247 e. The van der Waals surface area contributed by atoms with Gasteiger partial charge < -0.3 is 15.4 Å². The third kappa shape index (κ3) is 2.13. The molecular weight excluding hydrogens is 228 g/mol. The monoisotopic (exact) mass is 240 g/mol. The van der Waals surface area contributed by atoms with Crippen molar-refractivity contribution in [3.05, 3.63) is 23.2 Å². The average Bonchev–Trinajstić information content (AvgIpc) is 2.28. The van der Waals surface area contributed by atoms with Crippen molar-refractivity contribution in [1.82, 2.24) is 0 Å². The molecule has 0 bridgehead atoms. The lowest BCUT2D eigenvalue weighted by atomic mass is 10.1. The van der Waals surface area contributed by atoms with E-state index in [4.69, 9.17) is 16.3 Å². The zero-order valence-electron chi connectivity index (χ0n) is 8.92. The Morgan fingerprint density at radius 2 is 2.31 bits per heavy atom. The lowest BCUT2D eigenvalue weighted by Crippen LogP contribution is -2.39. The summed E-state index contributed by atoms with van der Waals surface area (Å²) in [5.41, 5.74) is 1.51. The molecule has 0 saturated carbocycles. The van der Waals surface area contributed by atoms with Crippen LogP contribution in [0, 0.1) is 0 Å². The number of fused-ring (bicyclic) bond motifs is 1. The highest BCUT2D eigenvalue weighted by Crippen LogP contribution is 2.33. The minimum absolute atomic E-state index is 0.0716. The number of ether oxygens (including phenoxy) is 1. The lowest BCUT2D eigenvalue weighted by molar-refractivity contribution is -0.117. The number of carbonyl (C=O) groups is 1. The molecule has 1 unspecified atom stereocenters. The molecule has 0 saturated heterocycles. The Morgan fingerprint density at radius 3 is 3.06 bits per heavy atom. The van der Waals surface area contributed by atoms with E-state index in [0.717, 1.165) is 5.69 Å². The molecule has 0 aliphatic carbocycles. The summed E-state index contributed by atoms with van der Waals surface area (Å²) in [5.74, 6) is -0.0716. The van der Waals surface area contributed by atoms with Crippen LogP contribution < -0.4 is 10.6 Å². The van der Waals surface area contributed by atoms with Crippen molar-refractivity contribution in [3.63, 3.8) is 0 Å². The van der Waals surface area contributed by atoms with Crippen LogP contribution in [0.4, 0.5) is 11.4 Å². The standard InChI is InChI=1S/C11H13ClN2O2/c1-16-6-5-9-11(15)14-10-7(12)3-2-4-8(10)13-9/h2-4,9,13H,5-6H2,1H3,(H,14,15). The van der Waals surface area contributed by atoms with Gasteiger partial charge in [0.2, 0.25) is 5.91 Å². The van der Waals surface area contributed by atoms with Crippen molar-refractivity contribution in [2.45, 2.75) is 12.5 Å². The molecule has 86 valence electrons. The normalized spacial score (nSPS) is 18.6. The van der Waals surface area contributed by atoms with E-state index in [2.05, 4.69) is 10.6 Å². The fraction of sp³-hybridized carbons (Fsp3) is 0.364. The maximum absolute atomic E-state index is 11.7. The van der Waals surface area contributed by atoms with Crippen molar-refractivity contribution in [2.24, 2.45) is 0 Å². The molecule has 2 N–H and O–H groups in total. The van der Waals surface area contributed by atoms with Gasteiger partial charge in [-0.05, 0) is 18.6 Å². The number of amides is 1. The smallest absolute Gasteiger partial charge is 0.247 e. The SMILES string of the molecule is COCCC1Nc2cccc(Cl)c2NC1=O. The topological polar surface area (TPSA) is 50.4 Å². The number of anilines is 2. The fourth-order valence-corrected chi connectivity index (χ4v) is 1.90. The summed E-state index contributed by atoms with van der Waals surface area (Å²) in [6.45, 7) is 0.543. The first-order chi connectivity index (χ1) is 7.72. The Labute approximate surface area is 98.9 Å². The molecule has 5 heteroatoms. The second kappa shape index (κ2) is 4.72. The highest BCUT2D eigenvalue weighted by atomic mass is 35.5. The fourth-order valence-electron chi connectivity index (χ4n) is 1.67. The number of hydrogen-bond donors (Lipinski definition) is 2. The first-order valence-corrected chi connectivity index (χ1v) is 5.45. The average molecular weight is 241 g/mol. The minimum Gasteiger partial charge on any atom is -0.385 e. The van der Waals surface area contributed by atoms with Gasteiger partial charge in [0.05, 0.1) is 16.4 Å². The third-order valence-electron chi connectivity index (χ3n) is 2.52. The van der Waals surface area contributed by atoms with E-state index >= 15 is 0 Å². The number of halogens is 1. The quantitative estimate of drug-likeness (QED) is 0.851. The van der Waals surface area contributed by atoms with Gasteiger partial charge >= 0.3 is 0 Å². The van der Waals surface area contributed by atoms with Gasteiger partial charge in [0, 0.05) is 13.7 Å². The first-order valence-electron chi connectivity index (χ1n) is 5.07. The molecule has 0 fully saturated rings. The van der Waals surface area contributed by atoms with Crippen LogP contribution >= 0.6 is 11.6 Å². The van der Waals surface area contributed by atoms with Gasteiger partial charge in [0.15, 0.2) is 0 Å². The van der Waals surface area contributed by atoms with E-state index in [1.54, 1.807) is 13.2 Å². The predicted octanol–water partition coefficient (Wildman–Crippen LogP) is 2.11. The van der Waals surface area contributed by atoms with E-state index in [-0.39, 0.29) is 11.9 Å². The molecule has 1 heterocycles. The molecular formula is C11H13ClN2O2. The van der Waals surface area contributed by atoms with Crippen molar-refractivity contribution in [3.8, 4) is 0 Å². The second-order valence-electron chi connectivity index (χ2n) is 3.63. The van der Waals surface area contributed by atoms with Gasteiger partial charge in [-0.2, -0.15) is 0 Å². The van der Waals surface area contributed by atoms with Crippen LogP contribution in [0.15, 0.2) is 18.2 Å². The molecule has 1 aromatic carbocycles. The van der Waals surface area contributed by atoms with Gasteiger partial charge in [-0.1, -0.05) is 17.7 Å². The summed E-state index contributed by atoms with van der Waals surface area (Å²) in [5, 5.41) is 6.49. The summed E-state index contributed by atoms with van der Waals surface area (Å²) in [4.78, 5) is 11.7. The summed E-state index contributed by atoms with van der Waals surface area (Å²) in [7, 11) is 1.62. The Balaban J connectivity index is 2.19. The highest BCUT2D eigenvalue weighted by molar-refractivity contribution is 6.34. The van der Waals surface area contributed by atoms with Crippen LogP contribution in [-0.2, 0) is 9.53 Å². The molecule has 4 nitrogen and oxygen atoms in total. The molecule has 1 aliphatic rings. The van der Waals surface area contributed by atoms with Crippen molar-refractivity contribution in [2.75, 3.05) is 24.4 Å². The number of hydrogen-bond acceptors (Lipinski definition) is 3. The molecule has 2 rings (SSSR count). The summed E-state index contributed by atoms with van der Waals surface area (Å²) in [6, 6.07) is 5.23. The van der Waals surface area contributed by atoms with Crippen LogP contribution in [-0.4, -0.2) is 25.7 Å². The summed E-state index contributed by atoms with van der Waals surface area (Å²) in [6.07, 6.45) is 0.633. The number of carbonyl (C=O) groups excluding carboxylic acids is 1. The molecule has 0 spiro atoms. The number of para-hydroxylation sites is 1. The second-order valence-corrected chi connectivity index (χ2v) is 4.04. The van der Waals surface area contributed by atoms with Crippen molar-refractivity contribution in [1.29, 1.82) is 0 Å². The third-order valence-corrected chi connectivity index (χ3v) is 2.83. The molecule has 1 atom stereocenters. The van der Waals surface area contributed by atoms with Crippen LogP contribution in [0.25, 0.3) is 0 Å². The van der Waals surface area contributed by atoms with Crippen molar-refractivity contribution < 1.29 is 9.53 Å². The Bertz CT molecular complexity index is 409. The lowest BCUT2D eigenvalue weighted by Gasteiger charge is -2.27. The van der Waals surface area contributed by atoms with E-state index in [9.17, 15) is 4.79 Å². The number of benzene rings is 1. The van der Waals surface area contributed by atoms with Gasteiger partial charge in [-0.3, -0.25) is 4.79 Å². The molecule has 1 amide bonds. The van der Waals surface area contributed by atoms with Crippen LogP contribution in [0.3, 0.4) is 0 Å². The molecule has 0 radical (unpaired) electrons. The Kier molecular flexibility index (Phi) is 3.31.